The van der Waals surface area contributed by atoms with E-state index in [1.165, 1.54) is 0 Å². The topological polar surface area (TPSA) is 86.3 Å². The van der Waals surface area contributed by atoms with Crippen LogP contribution in [0.1, 0.15) is 21.8 Å². The monoisotopic (exact) mass is 442 g/mol. The van der Waals surface area contributed by atoms with Crippen LogP contribution in [-0.4, -0.2) is 71.4 Å². The first-order chi connectivity index (χ1) is 15.5. The summed E-state index contributed by atoms with van der Waals surface area (Å²) in [6.07, 6.45) is 0. The van der Waals surface area contributed by atoms with Crippen molar-refractivity contribution in [2.45, 2.75) is 5.92 Å². The van der Waals surface area contributed by atoms with E-state index >= 15 is 0 Å². The predicted molar refractivity (Wildman–Crippen MR) is 120 cm³/mol. The van der Waals surface area contributed by atoms with E-state index < -0.39 is 5.92 Å². The molecule has 172 valence electrons. The average Bonchev–Trinajstić information content (AvgIpc) is 3.28. The number of rotatable bonds is 9. The molecule has 0 aromatic heterocycles. The number of carbonyl (C=O) groups excluding carboxylic acids is 2. The second-order valence-corrected chi connectivity index (χ2v) is 7.55. The van der Waals surface area contributed by atoms with Gasteiger partial charge in [0.15, 0.2) is 0 Å². The number of nitrogens with one attached hydrogen (secondary N) is 1. The first kappa shape index (κ1) is 23.4. The van der Waals surface area contributed by atoms with Gasteiger partial charge in [0.1, 0.15) is 17.2 Å². The highest BCUT2D eigenvalue weighted by Crippen LogP contribution is 2.39. The molecule has 0 saturated carbocycles. The maximum atomic E-state index is 13.2. The lowest BCUT2D eigenvalue weighted by Gasteiger charge is -2.21. The van der Waals surface area contributed by atoms with Crippen molar-refractivity contribution in [2.24, 2.45) is 5.92 Å². The third kappa shape index (κ3) is 5.13. The van der Waals surface area contributed by atoms with Crippen molar-refractivity contribution in [2.75, 3.05) is 54.7 Å². The van der Waals surface area contributed by atoms with Crippen molar-refractivity contribution in [1.82, 2.24) is 10.2 Å². The fourth-order valence-electron chi connectivity index (χ4n) is 4.02. The molecule has 32 heavy (non-hydrogen) atoms. The second-order valence-electron chi connectivity index (χ2n) is 7.55. The van der Waals surface area contributed by atoms with Crippen LogP contribution in [0.25, 0.3) is 0 Å². The van der Waals surface area contributed by atoms with Gasteiger partial charge in [-0.05, 0) is 24.3 Å². The van der Waals surface area contributed by atoms with Crippen LogP contribution in [-0.2, 0) is 9.53 Å². The molecule has 0 radical (unpaired) electrons. The summed E-state index contributed by atoms with van der Waals surface area (Å²) in [5, 5.41) is 2.92. The van der Waals surface area contributed by atoms with Gasteiger partial charge in [0, 0.05) is 49.9 Å². The number of methoxy groups -OCH3 is 4. The summed E-state index contributed by atoms with van der Waals surface area (Å²) in [6, 6.07) is 12.6. The van der Waals surface area contributed by atoms with Crippen molar-refractivity contribution in [3.05, 3.63) is 53.6 Å². The Morgan fingerprint density at radius 2 is 1.72 bits per heavy atom. The highest BCUT2D eigenvalue weighted by Gasteiger charge is 2.41. The maximum absolute atomic E-state index is 13.2. The van der Waals surface area contributed by atoms with Gasteiger partial charge in [0.25, 0.3) is 5.91 Å². The van der Waals surface area contributed by atoms with Crippen molar-refractivity contribution < 1.29 is 28.5 Å². The van der Waals surface area contributed by atoms with Crippen LogP contribution in [0.2, 0.25) is 0 Å². The first-order valence-corrected chi connectivity index (χ1v) is 10.4. The molecule has 8 nitrogen and oxygen atoms in total. The lowest BCUT2D eigenvalue weighted by atomic mass is 9.87. The molecule has 0 bridgehead atoms. The number of likely N-dealkylation sites (tertiary alicyclic amines) is 1. The summed E-state index contributed by atoms with van der Waals surface area (Å²) in [5.41, 5.74) is 1.38. The standard InChI is InChI=1S/C24H30N2O6/c1-29-11-10-25-23(27)21-15-26(24(28)16-6-5-7-17(12-16)30-2)14-20(21)19-9-8-18(31-3)13-22(19)32-4/h5-9,12-13,20-21H,10-11,14-15H2,1-4H3,(H,25,27)/t20-,21+/m1/s1. The second kappa shape index (κ2) is 10.9. The van der Waals surface area contributed by atoms with Gasteiger partial charge in [-0.1, -0.05) is 12.1 Å². The molecule has 2 aromatic carbocycles. The number of ether oxygens (including phenoxy) is 4. The average molecular weight is 443 g/mol. The Labute approximate surface area is 188 Å². The summed E-state index contributed by atoms with van der Waals surface area (Å²) >= 11 is 0. The molecule has 8 heteroatoms. The Kier molecular flexibility index (Phi) is 7.94. The summed E-state index contributed by atoms with van der Waals surface area (Å²) in [5.74, 6) is 0.974. The van der Waals surface area contributed by atoms with E-state index in [2.05, 4.69) is 5.32 Å². The third-order valence-electron chi connectivity index (χ3n) is 5.71. The lowest BCUT2D eigenvalue weighted by molar-refractivity contribution is -0.125. The molecule has 1 heterocycles. The summed E-state index contributed by atoms with van der Waals surface area (Å²) in [7, 11) is 6.32. The van der Waals surface area contributed by atoms with Gasteiger partial charge < -0.3 is 29.2 Å². The molecule has 0 aliphatic carbocycles. The normalized spacial score (nSPS) is 17.7. The van der Waals surface area contributed by atoms with Crippen molar-refractivity contribution in [1.29, 1.82) is 0 Å². The molecular formula is C24H30N2O6. The Morgan fingerprint density at radius 1 is 0.969 bits per heavy atom. The highest BCUT2D eigenvalue weighted by molar-refractivity contribution is 5.95. The van der Waals surface area contributed by atoms with Crippen LogP contribution in [0.15, 0.2) is 42.5 Å². The zero-order valence-electron chi connectivity index (χ0n) is 18.9. The van der Waals surface area contributed by atoms with Gasteiger partial charge in [-0.15, -0.1) is 0 Å². The molecule has 2 amide bonds. The van der Waals surface area contributed by atoms with E-state index in [-0.39, 0.29) is 17.7 Å². The van der Waals surface area contributed by atoms with Crippen LogP contribution >= 0.6 is 0 Å². The molecule has 0 spiro atoms. The van der Waals surface area contributed by atoms with Gasteiger partial charge in [-0.2, -0.15) is 0 Å². The van der Waals surface area contributed by atoms with Crippen LogP contribution < -0.4 is 19.5 Å². The molecule has 1 N–H and O–H groups in total. The van der Waals surface area contributed by atoms with E-state index in [1.807, 2.05) is 12.1 Å². The Balaban J connectivity index is 1.90. The van der Waals surface area contributed by atoms with Gasteiger partial charge in [-0.3, -0.25) is 9.59 Å². The van der Waals surface area contributed by atoms with Gasteiger partial charge in [0.2, 0.25) is 5.91 Å². The minimum Gasteiger partial charge on any atom is -0.497 e. The Morgan fingerprint density at radius 3 is 2.41 bits per heavy atom. The van der Waals surface area contributed by atoms with Gasteiger partial charge in [-0.25, -0.2) is 0 Å². The molecule has 1 saturated heterocycles. The van der Waals surface area contributed by atoms with E-state index in [1.54, 1.807) is 63.7 Å². The van der Waals surface area contributed by atoms with Gasteiger partial charge in [0.05, 0.1) is 33.9 Å². The number of carbonyl (C=O) groups is 2. The summed E-state index contributed by atoms with van der Waals surface area (Å²) < 4.78 is 21.2. The minimum atomic E-state index is -0.427. The number of hydrogen-bond donors (Lipinski definition) is 1. The molecule has 0 unspecified atom stereocenters. The van der Waals surface area contributed by atoms with E-state index in [9.17, 15) is 9.59 Å². The molecule has 2 atom stereocenters. The quantitative estimate of drug-likeness (QED) is 0.600. The van der Waals surface area contributed by atoms with E-state index in [0.29, 0.717) is 49.1 Å². The predicted octanol–water partition coefficient (Wildman–Crippen LogP) is 2.33. The molecule has 2 aromatic rings. The van der Waals surface area contributed by atoms with Crippen LogP contribution in [0.4, 0.5) is 0 Å². The maximum Gasteiger partial charge on any atom is 0.254 e. The summed E-state index contributed by atoms with van der Waals surface area (Å²) in [6.45, 7) is 1.51. The highest BCUT2D eigenvalue weighted by atomic mass is 16.5. The molecule has 1 aliphatic heterocycles. The fraction of sp³-hybridized carbons (Fsp3) is 0.417. The Hall–Kier alpha value is -3.26. The Bertz CT molecular complexity index is 948. The zero-order valence-corrected chi connectivity index (χ0v) is 18.9. The SMILES string of the molecule is COCCNC(=O)[C@H]1CN(C(=O)c2cccc(OC)c2)C[C@@H]1c1ccc(OC)cc1OC. The van der Waals surface area contributed by atoms with Crippen molar-refractivity contribution >= 4 is 11.8 Å². The molecule has 1 fully saturated rings. The number of hydrogen-bond acceptors (Lipinski definition) is 6. The fourth-order valence-corrected chi connectivity index (χ4v) is 4.02. The zero-order chi connectivity index (χ0) is 23.1. The van der Waals surface area contributed by atoms with Crippen molar-refractivity contribution in [3.8, 4) is 17.2 Å². The number of nitrogens with zero attached hydrogens (tertiary/aromatic N) is 1. The first-order valence-electron chi connectivity index (χ1n) is 10.4. The molecule has 3 rings (SSSR count). The summed E-state index contributed by atoms with van der Waals surface area (Å²) in [4.78, 5) is 28.0. The number of benzene rings is 2. The molecule has 1 aliphatic rings. The molecular weight excluding hydrogens is 412 g/mol. The van der Waals surface area contributed by atoms with Gasteiger partial charge >= 0.3 is 0 Å². The number of amides is 2. The van der Waals surface area contributed by atoms with Crippen LogP contribution in [0.3, 0.4) is 0 Å². The van der Waals surface area contributed by atoms with Crippen LogP contribution in [0.5, 0.6) is 17.2 Å². The minimum absolute atomic E-state index is 0.120. The van der Waals surface area contributed by atoms with Crippen molar-refractivity contribution in [3.63, 3.8) is 0 Å². The lowest BCUT2D eigenvalue weighted by Crippen LogP contribution is -2.37. The third-order valence-corrected chi connectivity index (χ3v) is 5.71. The van der Waals surface area contributed by atoms with E-state index in [0.717, 1.165) is 5.56 Å². The largest absolute Gasteiger partial charge is 0.497 e. The van der Waals surface area contributed by atoms with Crippen LogP contribution in [0, 0.1) is 5.92 Å². The smallest absolute Gasteiger partial charge is 0.254 e. The van der Waals surface area contributed by atoms with E-state index in [4.69, 9.17) is 18.9 Å².